The Morgan fingerprint density at radius 1 is 0.968 bits per heavy atom. The summed E-state index contributed by atoms with van der Waals surface area (Å²) in [5.74, 6) is -0.888. The van der Waals surface area contributed by atoms with Crippen LogP contribution in [-0.4, -0.2) is 55.3 Å². The van der Waals surface area contributed by atoms with E-state index in [0.717, 1.165) is 10.4 Å². The third-order valence-corrected chi connectivity index (χ3v) is 11.0. The molecule has 2 aromatic rings. The van der Waals surface area contributed by atoms with Crippen molar-refractivity contribution in [3.05, 3.63) is 60.7 Å². The second kappa shape index (κ2) is 8.77. The van der Waals surface area contributed by atoms with Gasteiger partial charge >= 0.3 is 0 Å². The van der Waals surface area contributed by atoms with E-state index < -0.39 is 31.9 Å². The highest BCUT2D eigenvalue weighted by molar-refractivity contribution is 6.99. The van der Waals surface area contributed by atoms with Gasteiger partial charge in [0.15, 0.2) is 5.79 Å². The highest BCUT2D eigenvalue weighted by Crippen LogP contribution is 2.40. The summed E-state index contributed by atoms with van der Waals surface area (Å²) < 4.78 is 18.7. The number of hydrogen-bond acceptors (Lipinski definition) is 5. The van der Waals surface area contributed by atoms with Crippen LogP contribution in [-0.2, 0) is 13.9 Å². The highest BCUT2D eigenvalue weighted by atomic mass is 28.4. The van der Waals surface area contributed by atoms with E-state index in [0.29, 0.717) is 0 Å². The Balaban J connectivity index is 1.99. The quantitative estimate of drug-likeness (QED) is 0.643. The van der Waals surface area contributed by atoms with Gasteiger partial charge in [0.05, 0.1) is 13.2 Å². The largest absolute Gasteiger partial charge is 0.405 e. The Morgan fingerprint density at radius 2 is 1.45 bits per heavy atom. The molecule has 1 fully saturated rings. The van der Waals surface area contributed by atoms with Gasteiger partial charge < -0.3 is 24.1 Å². The number of hydrogen-bond donors (Lipinski definition) is 2. The van der Waals surface area contributed by atoms with Crippen LogP contribution < -0.4 is 10.4 Å². The van der Waals surface area contributed by atoms with Crippen molar-refractivity contribution in [2.75, 3.05) is 13.2 Å². The minimum atomic E-state index is -2.77. The molecule has 5 nitrogen and oxygen atoms in total. The number of ether oxygens (including phenoxy) is 2. The predicted octanol–water partition coefficient (Wildman–Crippen LogP) is 2.83. The van der Waals surface area contributed by atoms with Crippen molar-refractivity contribution in [1.82, 2.24) is 0 Å². The summed E-state index contributed by atoms with van der Waals surface area (Å²) in [5.41, 5.74) is -1.00. The van der Waals surface area contributed by atoms with Gasteiger partial charge in [-0.25, -0.2) is 0 Å². The van der Waals surface area contributed by atoms with Crippen molar-refractivity contribution >= 4 is 18.7 Å². The van der Waals surface area contributed by atoms with Crippen LogP contribution in [0, 0.1) is 0 Å². The lowest BCUT2D eigenvalue weighted by Crippen LogP contribution is -2.67. The van der Waals surface area contributed by atoms with Crippen molar-refractivity contribution in [3.8, 4) is 0 Å². The molecular weight excluding hydrogens is 408 g/mol. The molecule has 0 aliphatic carbocycles. The molecule has 0 spiro atoms. The standard InChI is InChI=1S/C25H36O5Si/c1-23(2,3)31(19-13-9-7-10-14-19,20-15-11-8-12-16-20)28-17-21(27)22-25(6,18-26)30-24(4,5)29-22/h7-16,21-22,26-27H,17-18H2,1-6H3/t21-,22-,25+/m1/s1. The maximum Gasteiger partial charge on any atom is 0.261 e. The van der Waals surface area contributed by atoms with Crippen molar-refractivity contribution in [2.24, 2.45) is 0 Å². The number of rotatable bonds is 7. The molecule has 3 rings (SSSR count). The summed E-state index contributed by atoms with van der Waals surface area (Å²) in [5, 5.41) is 23.2. The highest BCUT2D eigenvalue weighted by Gasteiger charge is 2.55. The molecule has 31 heavy (non-hydrogen) atoms. The zero-order valence-corrected chi connectivity index (χ0v) is 20.5. The Kier molecular flexibility index (Phi) is 6.82. The zero-order valence-electron chi connectivity index (χ0n) is 19.5. The maximum absolute atomic E-state index is 11.2. The predicted molar refractivity (Wildman–Crippen MR) is 125 cm³/mol. The van der Waals surface area contributed by atoms with Crippen molar-refractivity contribution in [2.45, 2.75) is 70.2 Å². The topological polar surface area (TPSA) is 68.2 Å². The maximum atomic E-state index is 11.2. The Labute approximate surface area is 187 Å². The third-order valence-electron chi connectivity index (χ3n) is 6.04. The first-order valence-electron chi connectivity index (χ1n) is 10.9. The van der Waals surface area contributed by atoms with Gasteiger partial charge in [0.1, 0.15) is 17.8 Å². The molecule has 3 atom stereocenters. The van der Waals surface area contributed by atoms with Crippen LogP contribution in [0.2, 0.25) is 5.04 Å². The molecule has 2 aromatic carbocycles. The third kappa shape index (κ3) is 4.65. The molecular formula is C25H36O5Si. The normalized spacial score (nSPS) is 24.8. The lowest BCUT2D eigenvalue weighted by Gasteiger charge is -2.44. The summed E-state index contributed by atoms with van der Waals surface area (Å²) in [7, 11) is -2.77. The molecule has 1 aliphatic rings. The zero-order chi connectivity index (χ0) is 22.9. The summed E-state index contributed by atoms with van der Waals surface area (Å²) in [4.78, 5) is 0. The minimum Gasteiger partial charge on any atom is -0.405 e. The van der Waals surface area contributed by atoms with Crippen LogP contribution in [0.15, 0.2) is 60.7 Å². The van der Waals surface area contributed by atoms with Gasteiger partial charge in [0.25, 0.3) is 8.32 Å². The van der Waals surface area contributed by atoms with Crippen LogP contribution in [0.4, 0.5) is 0 Å². The fourth-order valence-corrected chi connectivity index (χ4v) is 9.32. The van der Waals surface area contributed by atoms with E-state index in [1.54, 1.807) is 20.8 Å². The van der Waals surface area contributed by atoms with Crippen LogP contribution in [0.1, 0.15) is 41.5 Å². The summed E-state index contributed by atoms with van der Waals surface area (Å²) in [6.07, 6.45) is -1.66. The molecule has 0 saturated carbocycles. The molecule has 1 saturated heterocycles. The van der Waals surface area contributed by atoms with Crippen LogP contribution >= 0.6 is 0 Å². The van der Waals surface area contributed by atoms with Gasteiger partial charge in [-0.05, 0) is 36.2 Å². The molecule has 0 aromatic heterocycles. The fraction of sp³-hybridized carbons (Fsp3) is 0.520. The number of benzene rings is 2. The molecule has 0 radical (unpaired) electrons. The molecule has 1 heterocycles. The van der Waals surface area contributed by atoms with Gasteiger partial charge in [-0.3, -0.25) is 0 Å². The Bertz CT molecular complexity index is 810. The number of aliphatic hydroxyl groups is 2. The van der Waals surface area contributed by atoms with Gasteiger partial charge in [0, 0.05) is 0 Å². The molecule has 0 unspecified atom stereocenters. The smallest absolute Gasteiger partial charge is 0.261 e. The summed E-state index contributed by atoms with van der Waals surface area (Å²) >= 11 is 0. The van der Waals surface area contributed by atoms with Gasteiger partial charge in [-0.2, -0.15) is 0 Å². The van der Waals surface area contributed by atoms with Crippen LogP contribution in [0.3, 0.4) is 0 Å². The molecule has 6 heteroatoms. The molecule has 2 N–H and O–H groups in total. The van der Waals surface area contributed by atoms with Gasteiger partial charge in [0.2, 0.25) is 0 Å². The fourth-order valence-electron chi connectivity index (χ4n) is 4.74. The van der Waals surface area contributed by atoms with E-state index in [1.807, 2.05) is 36.4 Å². The SMILES string of the molecule is CC1(C)O[C@H]([C@H](O)CO[Si](c2ccccc2)(c2ccccc2)C(C)(C)C)[C@](C)(CO)O1. The first-order valence-corrected chi connectivity index (χ1v) is 12.8. The minimum absolute atomic E-state index is 0.0764. The van der Waals surface area contributed by atoms with Crippen LogP contribution in [0.25, 0.3) is 0 Å². The molecule has 170 valence electrons. The lowest BCUT2D eigenvalue weighted by atomic mass is 9.96. The second-order valence-corrected chi connectivity index (χ2v) is 14.4. The van der Waals surface area contributed by atoms with E-state index in [1.165, 1.54) is 0 Å². The van der Waals surface area contributed by atoms with E-state index in [9.17, 15) is 10.2 Å². The Hall–Kier alpha value is -1.54. The van der Waals surface area contributed by atoms with Crippen molar-refractivity contribution in [3.63, 3.8) is 0 Å². The van der Waals surface area contributed by atoms with Crippen molar-refractivity contribution in [1.29, 1.82) is 0 Å². The van der Waals surface area contributed by atoms with E-state index >= 15 is 0 Å². The average molecular weight is 445 g/mol. The summed E-state index contributed by atoms with van der Waals surface area (Å²) in [6.45, 7) is 11.8. The van der Waals surface area contributed by atoms with E-state index in [-0.39, 0.29) is 18.3 Å². The Morgan fingerprint density at radius 3 is 1.87 bits per heavy atom. The van der Waals surface area contributed by atoms with E-state index in [2.05, 4.69) is 45.0 Å². The average Bonchev–Trinajstić information content (AvgIpc) is 2.98. The van der Waals surface area contributed by atoms with Crippen LogP contribution in [0.5, 0.6) is 0 Å². The summed E-state index contributed by atoms with van der Waals surface area (Å²) in [6, 6.07) is 20.6. The second-order valence-electron chi connectivity index (χ2n) is 10.1. The monoisotopic (exact) mass is 444 g/mol. The lowest BCUT2D eigenvalue weighted by molar-refractivity contribution is -0.169. The first kappa shape index (κ1) is 24.1. The molecule has 0 amide bonds. The van der Waals surface area contributed by atoms with Gasteiger partial charge in [-0.1, -0.05) is 81.4 Å². The number of aliphatic hydroxyl groups excluding tert-OH is 2. The van der Waals surface area contributed by atoms with E-state index in [4.69, 9.17) is 13.9 Å². The molecule has 0 bridgehead atoms. The van der Waals surface area contributed by atoms with Gasteiger partial charge in [-0.15, -0.1) is 0 Å². The molecule has 1 aliphatic heterocycles. The van der Waals surface area contributed by atoms with Crippen molar-refractivity contribution < 1.29 is 24.1 Å². The first-order chi connectivity index (χ1) is 14.5.